The Morgan fingerprint density at radius 3 is 2.63 bits per heavy atom. The van der Waals surface area contributed by atoms with Crippen molar-refractivity contribution >= 4 is 15.9 Å². The zero-order chi connectivity index (χ0) is 13.4. The summed E-state index contributed by atoms with van der Waals surface area (Å²) in [6, 6.07) is 5.36. The average Bonchev–Trinajstić information content (AvgIpc) is 2.74. The summed E-state index contributed by atoms with van der Waals surface area (Å²) >= 11 is 3.19. The van der Waals surface area contributed by atoms with Crippen molar-refractivity contribution < 1.29 is 9.13 Å². The first-order chi connectivity index (χ1) is 9.17. The minimum atomic E-state index is -0.229. The number of benzene rings is 1. The number of nitrogens with zero attached hydrogens (tertiary/aromatic N) is 1. The molecule has 5 heteroatoms. The molecule has 2 heterocycles. The molecule has 3 nitrogen and oxygen atoms in total. The normalized spacial score (nSPS) is 28.6. The van der Waals surface area contributed by atoms with Crippen molar-refractivity contribution in [2.45, 2.75) is 31.1 Å². The molecule has 2 bridgehead atoms. The Hall–Kier alpha value is -0.490. The van der Waals surface area contributed by atoms with Crippen LogP contribution in [-0.4, -0.2) is 36.7 Å². The molecule has 0 radical (unpaired) electrons. The highest BCUT2D eigenvalue weighted by Crippen LogP contribution is 2.32. The Labute approximate surface area is 121 Å². The largest absolute Gasteiger partial charge is 0.372 e. The van der Waals surface area contributed by atoms with Gasteiger partial charge in [0, 0.05) is 25.7 Å². The van der Waals surface area contributed by atoms with E-state index < -0.39 is 0 Å². The lowest BCUT2D eigenvalue weighted by Gasteiger charge is -2.37. The first-order valence-corrected chi connectivity index (χ1v) is 7.51. The lowest BCUT2D eigenvalue weighted by molar-refractivity contribution is -0.0521. The van der Waals surface area contributed by atoms with Gasteiger partial charge in [0.25, 0.3) is 0 Å². The zero-order valence-electron chi connectivity index (χ0n) is 10.7. The van der Waals surface area contributed by atoms with Crippen LogP contribution in [0.3, 0.4) is 0 Å². The van der Waals surface area contributed by atoms with Gasteiger partial charge in [-0.05, 0) is 46.5 Å². The monoisotopic (exact) mass is 328 g/mol. The number of hydrogen-bond donors (Lipinski definition) is 1. The van der Waals surface area contributed by atoms with Gasteiger partial charge in [-0.15, -0.1) is 0 Å². The highest BCUT2D eigenvalue weighted by molar-refractivity contribution is 9.10. The van der Waals surface area contributed by atoms with E-state index in [0.29, 0.717) is 23.2 Å². The third-order valence-corrected chi connectivity index (χ3v) is 4.71. The first-order valence-electron chi connectivity index (χ1n) is 6.72. The van der Waals surface area contributed by atoms with E-state index >= 15 is 0 Å². The van der Waals surface area contributed by atoms with Crippen LogP contribution in [0.2, 0.25) is 0 Å². The molecule has 2 aliphatic rings. The maximum absolute atomic E-state index is 13.7. The van der Waals surface area contributed by atoms with Crippen LogP contribution < -0.4 is 5.73 Å². The van der Waals surface area contributed by atoms with Crippen LogP contribution in [0, 0.1) is 5.82 Å². The predicted octanol–water partition coefficient (Wildman–Crippen LogP) is 2.45. The van der Waals surface area contributed by atoms with Crippen molar-refractivity contribution in [3.8, 4) is 0 Å². The van der Waals surface area contributed by atoms with Crippen molar-refractivity contribution in [1.82, 2.24) is 4.90 Å². The van der Waals surface area contributed by atoms with E-state index in [-0.39, 0.29) is 11.9 Å². The Morgan fingerprint density at radius 2 is 2.05 bits per heavy atom. The molecule has 3 atom stereocenters. The standard InChI is InChI=1S/C14H18BrFN2O/c15-12-4-1-9(5-13(12)16)14(6-17)18-7-10-2-3-11(8-18)19-10/h1,4-5,10-11,14H,2-3,6-8,17H2. The SMILES string of the molecule is NCC(c1ccc(Br)c(F)c1)N1CC2CCC(C1)O2. The average molecular weight is 329 g/mol. The summed E-state index contributed by atoms with van der Waals surface area (Å²) in [6.45, 7) is 2.30. The van der Waals surface area contributed by atoms with E-state index in [2.05, 4.69) is 20.8 Å². The summed E-state index contributed by atoms with van der Waals surface area (Å²) in [7, 11) is 0. The number of ether oxygens (including phenoxy) is 1. The van der Waals surface area contributed by atoms with Gasteiger partial charge < -0.3 is 10.5 Å². The minimum Gasteiger partial charge on any atom is -0.372 e. The molecule has 0 aliphatic carbocycles. The molecule has 1 aromatic carbocycles. The molecular formula is C14H18BrFN2O. The predicted molar refractivity (Wildman–Crippen MR) is 75.4 cm³/mol. The Kier molecular flexibility index (Phi) is 3.89. The molecule has 0 amide bonds. The van der Waals surface area contributed by atoms with E-state index in [1.807, 2.05) is 6.07 Å². The fraction of sp³-hybridized carbons (Fsp3) is 0.571. The fourth-order valence-electron chi connectivity index (χ4n) is 3.12. The van der Waals surface area contributed by atoms with Gasteiger partial charge in [-0.2, -0.15) is 0 Å². The number of hydrogen-bond acceptors (Lipinski definition) is 3. The molecule has 104 valence electrons. The van der Waals surface area contributed by atoms with Crippen LogP contribution >= 0.6 is 15.9 Å². The van der Waals surface area contributed by atoms with E-state index in [9.17, 15) is 4.39 Å². The van der Waals surface area contributed by atoms with Crippen molar-refractivity contribution in [3.63, 3.8) is 0 Å². The number of rotatable bonds is 3. The third-order valence-electron chi connectivity index (χ3n) is 4.06. The van der Waals surface area contributed by atoms with Gasteiger partial charge in [-0.25, -0.2) is 4.39 Å². The lowest BCUT2D eigenvalue weighted by atomic mass is 10.0. The van der Waals surface area contributed by atoms with E-state index in [4.69, 9.17) is 10.5 Å². The van der Waals surface area contributed by atoms with Crippen LogP contribution in [0.5, 0.6) is 0 Å². The van der Waals surface area contributed by atoms with Crippen molar-refractivity contribution in [3.05, 3.63) is 34.1 Å². The van der Waals surface area contributed by atoms with Gasteiger partial charge in [0.2, 0.25) is 0 Å². The minimum absolute atomic E-state index is 0.0783. The van der Waals surface area contributed by atoms with Crippen LogP contribution in [0.4, 0.5) is 4.39 Å². The Bertz CT molecular complexity index is 459. The van der Waals surface area contributed by atoms with Gasteiger partial charge in [0.15, 0.2) is 0 Å². The van der Waals surface area contributed by atoms with Gasteiger partial charge in [0.1, 0.15) is 5.82 Å². The highest BCUT2D eigenvalue weighted by Gasteiger charge is 2.36. The second-order valence-corrected chi connectivity index (χ2v) is 6.19. The van der Waals surface area contributed by atoms with Crippen molar-refractivity contribution in [2.24, 2.45) is 5.73 Å². The van der Waals surface area contributed by atoms with Crippen molar-refractivity contribution in [2.75, 3.05) is 19.6 Å². The second kappa shape index (κ2) is 5.48. The molecule has 0 aromatic heterocycles. The van der Waals surface area contributed by atoms with Crippen LogP contribution in [0.15, 0.2) is 22.7 Å². The quantitative estimate of drug-likeness (QED) is 0.926. The fourth-order valence-corrected chi connectivity index (χ4v) is 3.36. The van der Waals surface area contributed by atoms with E-state index in [1.54, 1.807) is 12.1 Å². The number of fused-ring (bicyclic) bond motifs is 2. The van der Waals surface area contributed by atoms with Crippen LogP contribution in [-0.2, 0) is 4.74 Å². The molecule has 0 spiro atoms. The molecule has 0 saturated carbocycles. The molecule has 2 saturated heterocycles. The molecule has 19 heavy (non-hydrogen) atoms. The molecular weight excluding hydrogens is 311 g/mol. The second-order valence-electron chi connectivity index (χ2n) is 5.34. The lowest BCUT2D eigenvalue weighted by Crippen LogP contribution is -2.46. The Balaban J connectivity index is 1.81. The molecule has 3 unspecified atom stereocenters. The number of likely N-dealkylation sites (tertiary alicyclic amines) is 1. The van der Waals surface area contributed by atoms with Crippen molar-refractivity contribution in [1.29, 1.82) is 0 Å². The summed E-state index contributed by atoms with van der Waals surface area (Å²) in [5.74, 6) is -0.229. The highest BCUT2D eigenvalue weighted by atomic mass is 79.9. The number of nitrogens with two attached hydrogens (primary N) is 1. The molecule has 1 aromatic rings. The summed E-state index contributed by atoms with van der Waals surface area (Å²) < 4.78 is 20.0. The number of morpholine rings is 1. The smallest absolute Gasteiger partial charge is 0.137 e. The summed E-state index contributed by atoms with van der Waals surface area (Å²) in [4.78, 5) is 2.34. The van der Waals surface area contributed by atoms with E-state index in [1.165, 1.54) is 0 Å². The van der Waals surface area contributed by atoms with Crippen LogP contribution in [0.25, 0.3) is 0 Å². The molecule has 3 rings (SSSR count). The molecule has 2 aliphatic heterocycles. The Morgan fingerprint density at radius 1 is 1.37 bits per heavy atom. The molecule has 2 fully saturated rings. The number of halogens is 2. The summed E-state index contributed by atoms with van der Waals surface area (Å²) in [5.41, 5.74) is 6.87. The first kappa shape index (κ1) is 13.5. The zero-order valence-corrected chi connectivity index (χ0v) is 12.3. The van der Waals surface area contributed by atoms with Crippen LogP contribution in [0.1, 0.15) is 24.4 Å². The third kappa shape index (κ3) is 2.70. The summed E-state index contributed by atoms with van der Waals surface area (Å²) in [5, 5.41) is 0. The van der Waals surface area contributed by atoms with Gasteiger partial charge in [0.05, 0.1) is 16.7 Å². The van der Waals surface area contributed by atoms with Gasteiger partial charge in [-0.3, -0.25) is 4.90 Å². The summed E-state index contributed by atoms with van der Waals surface area (Å²) in [6.07, 6.45) is 2.92. The van der Waals surface area contributed by atoms with Gasteiger partial charge >= 0.3 is 0 Å². The van der Waals surface area contributed by atoms with E-state index in [0.717, 1.165) is 31.5 Å². The molecule has 2 N–H and O–H groups in total. The van der Waals surface area contributed by atoms with Gasteiger partial charge in [-0.1, -0.05) is 6.07 Å². The maximum Gasteiger partial charge on any atom is 0.137 e. The topological polar surface area (TPSA) is 38.5 Å². The maximum atomic E-state index is 13.7.